The predicted molar refractivity (Wildman–Crippen MR) is 105 cm³/mol. The van der Waals surface area contributed by atoms with Crippen LogP contribution in [0, 0.1) is 0 Å². The molecule has 25 heavy (non-hydrogen) atoms. The van der Waals surface area contributed by atoms with Gasteiger partial charge in [-0.25, -0.2) is 13.4 Å². The second-order valence-electron chi connectivity index (χ2n) is 5.76. The minimum atomic E-state index is -3.27. The highest BCUT2D eigenvalue weighted by Gasteiger charge is 2.10. The van der Waals surface area contributed by atoms with Crippen LogP contribution in [0.2, 0.25) is 0 Å². The molecule has 4 nitrogen and oxygen atoms in total. The smallest absolute Gasteiger partial charge is 0.232 e. The standard InChI is InChI=1S/C19H20N2O2S2/c1-2-3-13-25(22,23)21-17-11-9-15(10-12-17)18-14-24-19(20-18)16-7-5-4-6-8-16/h4-12,14,21H,2-3,13H2,1H3. The van der Waals surface area contributed by atoms with E-state index in [-0.39, 0.29) is 5.75 Å². The van der Waals surface area contributed by atoms with E-state index in [1.54, 1.807) is 23.5 Å². The van der Waals surface area contributed by atoms with Crippen LogP contribution in [0.4, 0.5) is 5.69 Å². The van der Waals surface area contributed by atoms with Crippen molar-refractivity contribution >= 4 is 27.0 Å². The molecule has 0 amide bonds. The Kier molecular flexibility index (Phi) is 5.50. The van der Waals surface area contributed by atoms with Crippen molar-refractivity contribution in [2.45, 2.75) is 19.8 Å². The Morgan fingerprint density at radius 1 is 1.00 bits per heavy atom. The molecule has 0 atom stereocenters. The predicted octanol–water partition coefficient (Wildman–Crippen LogP) is 5.02. The van der Waals surface area contributed by atoms with Gasteiger partial charge in [0.2, 0.25) is 10.0 Å². The molecule has 0 unspecified atom stereocenters. The zero-order valence-corrected chi connectivity index (χ0v) is 15.6. The highest BCUT2D eigenvalue weighted by molar-refractivity contribution is 7.92. The number of thiazole rings is 1. The average Bonchev–Trinajstić information content (AvgIpc) is 3.11. The van der Waals surface area contributed by atoms with Crippen molar-refractivity contribution in [1.82, 2.24) is 4.98 Å². The lowest BCUT2D eigenvalue weighted by Crippen LogP contribution is -2.16. The number of hydrogen-bond acceptors (Lipinski definition) is 4. The van der Waals surface area contributed by atoms with Gasteiger partial charge in [-0.1, -0.05) is 55.8 Å². The van der Waals surface area contributed by atoms with Crippen LogP contribution in [0.25, 0.3) is 21.8 Å². The molecule has 0 saturated heterocycles. The van der Waals surface area contributed by atoms with Gasteiger partial charge in [-0.3, -0.25) is 4.72 Å². The van der Waals surface area contributed by atoms with E-state index in [2.05, 4.69) is 9.71 Å². The quantitative estimate of drug-likeness (QED) is 0.633. The van der Waals surface area contributed by atoms with Gasteiger partial charge in [-0.2, -0.15) is 0 Å². The van der Waals surface area contributed by atoms with Crippen molar-refractivity contribution in [1.29, 1.82) is 0 Å². The largest absolute Gasteiger partial charge is 0.284 e. The van der Waals surface area contributed by atoms with Crippen molar-refractivity contribution < 1.29 is 8.42 Å². The second-order valence-corrected chi connectivity index (χ2v) is 8.46. The monoisotopic (exact) mass is 372 g/mol. The summed E-state index contributed by atoms with van der Waals surface area (Å²) in [6, 6.07) is 17.4. The number of nitrogens with zero attached hydrogens (tertiary/aromatic N) is 1. The van der Waals surface area contributed by atoms with Gasteiger partial charge < -0.3 is 0 Å². The number of nitrogens with one attached hydrogen (secondary N) is 1. The minimum absolute atomic E-state index is 0.151. The van der Waals surface area contributed by atoms with E-state index in [1.165, 1.54) is 0 Å². The normalized spacial score (nSPS) is 11.4. The summed E-state index contributed by atoms with van der Waals surface area (Å²) in [5, 5.41) is 2.99. The molecule has 0 spiro atoms. The molecule has 6 heteroatoms. The first kappa shape index (κ1) is 17.6. The summed E-state index contributed by atoms with van der Waals surface area (Å²) in [6.45, 7) is 1.97. The first-order valence-corrected chi connectivity index (χ1v) is 10.7. The summed E-state index contributed by atoms with van der Waals surface area (Å²) in [5.41, 5.74) is 3.54. The first-order chi connectivity index (χ1) is 12.1. The van der Waals surface area contributed by atoms with Gasteiger partial charge in [-0.05, 0) is 18.6 Å². The molecule has 0 saturated carbocycles. The number of rotatable bonds is 7. The Bertz CT molecular complexity index is 918. The third-order valence-corrected chi connectivity index (χ3v) is 6.01. The van der Waals surface area contributed by atoms with Crippen LogP contribution in [0.15, 0.2) is 60.0 Å². The molecule has 2 aromatic carbocycles. The summed E-state index contributed by atoms with van der Waals surface area (Å²) in [6.07, 6.45) is 1.52. The maximum Gasteiger partial charge on any atom is 0.232 e. The summed E-state index contributed by atoms with van der Waals surface area (Å²) in [5.74, 6) is 0.151. The van der Waals surface area contributed by atoms with Crippen molar-refractivity contribution in [2.24, 2.45) is 0 Å². The fourth-order valence-electron chi connectivity index (χ4n) is 2.39. The van der Waals surface area contributed by atoms with Crippen molar-refractivity contribution in [3.63, 3.8) is 0 Å². The molecule has 0 bridgehead atoms. The topological polar surface area (TPSA) is 59.1 Å². The van der Waals surface area contributed by atoms with Gasteiger partial charge in [0.15, 0.2) is 0 Å². The maximum atomic E-state index is 12.0. The molecule has 0 radical (unpaired) electrons. The molecule has 1 N–H and O–H groups in total. The summed E-state index contributed by atoms with van der Waals surface area (Å²) in [4.78, 5) is 4.68. The number of sulfonamides is 1. The maximum absolute atomic E-state index is 12.0. The number of benzene rings is 2. The number of aromatic nitrogens is 1. The Morgan fingerprint density at radius 2 is 1.72 bits per heavy atom. The van der Waals surface area contributed by atoms with E-state index in [9.17, 15) is 8.42 Å². The minimum Gasteiger partial charge on any atom is -0.284 e. The summed E-state index contributed by atoms with van der Waals surface area (Å²) >= 11 is 1.60. The van der Waals surface area contributed by atoms with Crippen molar-refractivity contribution in [2.75, 3.05) is 10.5 Å². The van der Waals surface area contributed by atoms with Crippen LogP contribution >= 0.6 is 11.3 Å². The van der Waals surface area contributed by atoms with Crippen LogP contribution in [0.1, 0.15) is 19.8 Å². The SMILES string of the molecule is CCCCS(=O)(=O)Nc1ccc(-c2csc(-c3ccccc3)n2)cc1. The van der Waals surface area contributed by atoms with Crippen LogP contribution in [-0.4, -0.2) is 19.2 Å². The Balaban J connectivity index is 1.74. The van der Waals surface area contributed by atoms with E-state index < -0.39 is 10.0 Å². The second kappa shape index (κ2) is 7.80. The fourth-order valence-corrected chi connectivity index (χ4v) is 4.49. The molecular weight excluding hydrogens is 352 g/mol. The molecule has 3 rings (SSSR count). The lowest BCUT2D eigenvalue weighted by molar-refractivity contribution is 0.598. The Labute approximate surface area is 152 Å². The van der Waals surface area contributed by atoms with E-state index in [4.69, 9.17) is 0 Å². The molecule has 0 fully saturated rings. The summed E-state index contributed by atoms with van der Waals surface area (Å²) in [7, 11) is -3.27. The number of unbranched alkanes of at least 4 members (excludes halogenated alkanes) is 1. The van der Waals surface area contributed by atoms with Gasteiger partial charge in [0.1, 0.15) is 5.01 Å². The molecular formula is C19H20N2O2S2. The molecule has 1 aromatic heterocycles. The van der Waals surface area contributed by atoms with E-state index in [0.717, 1.165) is 28.2 Å². The van der Waals surface area contributed by atoms with Crippen molar-refractivity contribution in [3.8, 4) is 21.8 Å². The molecule has 0 aliphatic rings. The average molecular weight is 373 g/mol. The van der Waals surface area contributed by atoms with E-state index in [1.807, 2.05) is 54.8 Å². The lowest BCUT2D eigenvalue weighted by atomic mass is 10.1. The van der Waals surface area contributed by atoms with Crippen LogP contribution in [-0.2, 0) is 10.0 Å². The molecule has 130 valence electrons. The Morgan fingerprint density at radius 3 is 2.40 bits per heavy atom. The van der Waals surface area contributed by atoms with Gasteiger partial charge >= 0.3 is 0 Å². The van der Waals surface area contributed by atoms with Gasteiger partial charge in [0.05, 0.1) is 11.4 Å². The highest BCUT2D eigenvalue weighted by Crippen LogP contribution is 2.29. The third-order valence-electron chi connectivity index (χ3n) is 3.75. The van der Waals surface area contributed by atoms with Crippen molar-refractivity contribution in [3.05, 3.63) is 60.0 Å². The van der Waals surface area contributed by atoms with Crippen LogP contribution < -0.4 is 4.72 Å². The van der Waals surface area contributed by atoms with Crippen LogP contribution in [0.3, 0.4) is 0 Å². The number of anilines is 1. The van der Waals surface area contributed by atoms with Gasteiger partial charge in [0, 0.05) is 22.2 Å². The molecule has 1 heterocycles. The third kappa shape index (κ3) is 4.67. The van der Waals surface area contributed by atoms with Gasteiger partial charge in [0.25, 0.3) is 0 Å². The van der Waals surface area contributed by atoms with Crippen LogP contribution in [0.5, 0.6) is 0 Å². The first-order valence-electron chi connectivity index (χ1n) is 8.19. The van der Waals surface area contributed by atoms with E-state index >= 15 is 0 Å². The molecule has 0 aliphatic carbocycles. The number of hydrogen-bond donors (Lipinski definition) is 1. The lowest BCUT2D eigenvalue weighted by Gasteiger charge is -2.07. The summed E-state index contributed by atoms with van der Waals surface area (Å²) < 4.78 is 26.5. The Hall–Kier alpha value is -2.18. The molecule has 3 aromatic rings. The van der Waals surface area contributed by atoms with Gasteiger partial charge in [-0.15, -0.1) is 11.3 Å². The van der Waals surface area contributed by atoms with E-state index in [0.29, 0.717) is 12.1 Å². The fraction of sp³-hybridized carbons (Fsp3) is 0.211. The molecule has 0 aliphatic heterocycles. The zero-order chi connectivity index (χ0) is 17.7. The highest BCUT2D eigenvalue weighted by atomic mass is 32.2. The zero-order valence-electron chi connectivity index (χ0n) is 14.0.